The molecule has 1 aromatic carbocycles. The van der Waals surface area contributed by atoms with Crippen molar-refractivity contribution in [2.75, 3.05) is 12.4 Å². The third-order valence-electron chi connectivity index (χ3n) is 5.27. The van der Waals surface area contributed by atoms with Crippen molar-refractivity contribution in [3.05, 3.63) is 62.3 Å². The summed E-state index contributed by atoms with van der Waals surface area (Å²) in [5.41, 5.74) is 0.471. The molecule has 2 aromatic rings. The van der Waals surface area contributed by atoms with Gasteiger partial charge in [-0.3, -0.25) is 24.6 Å². The number of fused-ring (bicyclic) bond motifs is 1. The standard InChI is InChI=1S/C22H22N4O7S2/c1-2-32-17-12-35-21-18(23-16(27)10-15-4-3-9-34-15)20(28)25(21)19(24-17)22(29)33-11-13-5-7-14(8-6-13)26(30)31/h3-9,18-19,21H,2,10-12H2,1H3,(H,23,27)/t18-,19+,21-/m0/s1. The molecular weight excluding hydrogens is 496 g/mol. The SMILES string of the molecule is CCOC1=N[C@@H](C(=O)OCc2ccc([N+](=O)[O-])cc2)N2C(=O)[C@H](NC(=O)Cc3cccs3)[C@@H]2SC1. The summed E-state index contributed by atoms with van der Waals surface area (Å²) in [6.07, 6.45) is -1.09. The van der Waals surface area contributed by atoms with Crippen LogP contribution in [0.3, 0.4) is 0 Å². The third-order valence-corrected chi connectivity index (χ3v) is 7.40. The second-order valence-corrected chi connectivity index (χ2v) is 9.75. The van der Waals surface area contributed by atoms with E-state index in [0.717, 1.165) is 4.88 Å². The summed E-state index contributed by atoms with van der Waals surface area (Å²) >= 11 is 2.81. The number of ether oxygens (including phenoxy) is 2. The Labute approximate surface area is 208 Å². The lowest BCUT2D eigenvalue weighted by molar-refractivity contribution is -0.384. The Morgan fingerprint density at radius 2 is 2.06 bits per heavy atom. The van der Waals surface area contributed by atoms with Crippen molar-refractivity contribution < 1.29 is 28.8 Å². The summed E-state index contributed by atoms with van der Waals surface area (Å²) in [6.45, 7) is 1.98. The zero-order chi connectivity index (χ0) is 24.9. The molecule has 0 saturated carbocycles. The highest BCUT2D eigenvalue weighted by atomic mass is 32.2. The summed E-state index contributed by atoms with van der Waals surface area (Å²) < 4.78 is 10.9. The Morgan fingerprint density at radius 1 is 1.29 bits per heavy atom. The number of aliphatic imine (C=N–C) groups is 1. The fourth-order valence-corrected chi connectivity index (χ4v) is 5.53. The molecule has 0 aliphatic carbocycles. The summed E-state index contributed by atoms with van der Waals surface area (Å²) in [5, 5.41) is 14.9. The van der Waals surface area contributed by atoms with E-state index in [4.69, 9.17) is 9.47 Å². The molecule has 0 unspecified atom stereocenters. The summed E-state index contributed by atoms with van der Waals surface area (Å²) in [4.78, 5) is 55.2. The molecule has 0 spiro atoms. The van der Waals surface area contributed by atoms with Gasteiger partial charge >= 0.3 is 5.97 Å². The number of nitro groups is 1. The fraction of sp³-hybridized carbons (Fsp3) is 0.364. The molecule has 4 rings (SSSR count). The Morgan fingerprint density at radius 3 is 2.71 bits per heavy atom. The number of non-ortho nitro benzene ring substituents is 1. The van der Waals surface area contributed by atoms with E-state index >= 15 is 0 Å². The van der Waals surface area contributed by atoms with E-state index < -0.39 is 34.4 Å². The number of nitrogens with one attached hydrogen (secondary N) is 1. The second kappa shape index (κ2) is 10.9. The maximum Gasteiger partial charge on any atom is 0.352 e. The monoisotopic (exact) mass is 518 g/mol. The van der Waals surface area contributed by atoms with Gasteiger partial charge in [-0.1, -0.05) is 6.07 Å². The van der Waals surface area contributed by atoms with E-state index in [2.05, 4.69) is 10.3 Å². The number of thioether (sulfide) groups is 1. The average Bonchev–Trinajstić information content (AvgIpc) is 3.29. The second-order valence-electron chi connectivity index (χ2n) is 7.61. The lowest BCUT2D eigenvalue weighted by Crippen LogP contribution is -2.72. The van der Waals surface area contributed by atoms with Gasteiger partial charge in [-0.05, 0) is 36.1 Å². The van der Waals surface area contributed by atoms with Gasteiger partial charge < -0.3 is 14.8 Å². The predicted octanol–water partition coefficient (Wildman–Crippen LogP) is 2.10. The van der Waals surface area contributed by atoms with Crippen LogP contribution in [0, 0.1) is 10.1 Å². The number of hydrogen-bond acceptors (Lipinski definition) is 10. The molecule has 2 amide bonds. The molecular formula is C22H22N4O7S2. The number of thiophene rings is 1. The van der Waals surface area contributed by atoms with Crippen molar-refractivity contribution in [1.82, 2.24) is 10.2 Å². The molecule has 11 nitrogen and oxygen atoms in total. The molecule has 13 heteroatoms. The minimum absolute atomic E-state index is 0.0759. The maximum absolute atomic E-state index is 13.0. The predicted molar refractivity (Wildman–Crippen MR) is 129 cm³/mol. The number of hydrogen-bond donors (Lipinski definition) is 1. The molecule has 0 radical (unpaired) electrons. The van der Waals surface area contributed by atoms with Crippen molar-refractivity contribution in [2.45, 2.75) is 37.5 Å². The van der Waals surface area contributed by atoms with Gasteiger partial charge in [0.05, 0.1) is 23.7 Å². The van der Waals surface area contributed by atoms with Crippen molar-refractivity contribution in [3.8, 4) is 0 Å². The first kappa shape index (κ1) is 24.7. The summed E-state index contributed by atoms with van der Waals surface area (Å²) in [7, 11) is 0. The van der Waals surface area contributed by atoms with Gasteiger partial charge in [0.25, 0.3) is 11.6 Å². The van der Waals surface area contributed by atoms with Crippen molar-refractivity contribution in [3.63, 3.8) is 0 Å². The molecule has 2 aliphatic rings. The largest absolute Gasteiger partial charge is 0.481 e. The topological polar surface area (TPSA) is 140 Å². The van der Waals surface area contributed by atoms with Crippen LogP contribution in [0.25, 0.3) is 0 Å². The lowest BCUT2D eigenvalue weighted by atomic mass is 10.1. The van der Waals surface area contributed by atoms with Gasteiger partial charge in [0.15, 0.2) is 5.90 Å². The molecule has 0 bridgehead atoms. The third kappa shape index (κ3) is 5.62. The quantitative estimate of drug-likeness (QED) is 0.242. The molecule has 3 atom stereocenters. The van der Waals surface area contributed by atoms with E-state index in [0.29, 0.717) is 23.8 Å². The maximum atomic E-state index is 13.0. The van der Waals surface area contributed by atoms with Crippen LogP contribution in [0.4, 0.5) is 5.69 Å². The summed E-state index contributed by atoms with van der Waals surface area (Å²) in [6, 6.07) is 8.52. The Balaban J connectivity index is 1.43. The molecule has 1 N–H and O–H groups in total. The van der Waals surface area contributed by atoms with Crippen LogP contribution in [0.5, 0.6) is 0 Å². The number of β-lactam (4-membered cyclic amide) rings is 1. The van der Waals surface area contributed by atoms with Gasteiger partial charge in [0, 0.05) is 17.0 Å². The number of amides is 2. The Bertz CT molecular complexity index is 1140. The number of carbonyl (C=O) groups excluding carboxylic acids is 3. The smallest absolute Gasteiger partial charge is 0.352 e. The molecule has 1 saturated heterocycles. The molecule has 1 fully saturated rings. The highest BCUT2D eigenvalue weighted by Gasteiger charge is 2.55. The first-order valence-corrected chi connectivity index (χ1v) is 12.6. The number of nitrogens with zero attached hydrogens (tertiary/aromatic N) is 3. The summed E-state index contributed by atoms with van der Waals surface area (Å²) in [5.74, 6) is -0.837. The highest BCUT2D eigenvalue weighted by Crippen LogP contribution is 2.35. The van der Waals surface area contributed by atoms with Crippen LogP contribution < -0.4 is 5.32 Å². The van der Waals surface area contributed by atoms with Gasteiger partial charge in [-0.25, -0.2) is 9.79 Å². The normalized spacial score (nSPS) is 21.2. The minimum atomic E-state index is -1.26. The van der Waals surface area contributed by atoms with Crippen LogP contribution in [0.1, 0.15) is 17.4 Å². The molecule has 1 aromatic heterocycles. The lowest BCUT2D eigenvalue weighted by Gasteiger charge is -2.47. The number of carbonyl (C=O) groups is 3. The molecule has 184 valence electrons. The molecule has 35 heavy (non-hydrogen) atoms. The van der Waals surface area contributed by atoms with E-state index in [9.17, 15) is 24.5 Å². The highest BCUT2D eigenvalue weighted by molar-refractivity contribution is 8.00. The van der Waals surface area contributed by atoms with Crippen molar-refractivity contribution >= 4 is 52.5 Å². The molecule has 2 aliphatic heterocycles. The van der Waals surface area contributed by atoms with E-state index in [1.54, 1.807) is 6.92 Å². The van der Waals surface area contributed by atoms with Crippen LogP contribution in [0.2, 0.25) is 0 Å². The first-order valence-electron chi connectivity index (χ1n) is 10.7. The van der Waals surface area contributed by atoms with E-state index in [1.165, 1.54) is 52.3 Å². The number of esters is 1. The van der Waals surface area contributed by atoms with Crippen LogP contribution in [-0.2, 0) is 36.9 Å². The number of nitro benzene ring substituents is 1. The average molecular weight is 519 g/mol. The zero-order valence-electron chi connectivity index (χ0n) is 18.6. The van der Waals surface area contributed by atoms with Crippen LogP contribution in [0.15, 0.2) is 46.8 Å². The van der Waals surface area contributed by atoms with Gasteiger partial charge in [0.1, 0.15) is 18.0 Å². The van der Waals surface area contributed by atoms with Gasteiger partial charge in [-0.15, -0.1) is 23.1 Å². The van der Waals surface area contributed by atoms with E-state index in [-0.39, 0.29) is 24.6 Å². The Hall–Kier alpha value is -3.45. The van der Waals surface area contributed by atoms with Crippen LogP contribution >= 0.6 is 23.1 Å². The van der Waals surface area contributed by atoms with Gasteiger partial charge in [-0.2, -0.15) is 0 Å². The van der Waals surface area contributed by atoms with Crippen LogP contribution in [-0.4, -0.2) is 63.4 Å². The van der Waals surface area contributed by atoms with Gasteiger partial charge in [0.2, 0.25) is 12.1 Å². The van der Waals surface area contributed by atoms with Crippen molar-refractivity contribution in [1.29, 1.82) is 0 Å². The number of rotatable bonds is 8. The minimum Gasteiger partial charge on any atom is -0.481 e. The Kier molecular flexibility index (Phi) is 7.66. The van der Waals surface area contributed by atoms with Crippen molar-refractivity contribution in [2.24, 2.45) is 4.99 Å². The zero-order valence-corrected chi connectivity index (χ0v) is 20.3. The molecule has 3 heterocycles. The van der Waals surface area contributed by atoms with E-state index in [1.807, 2.05) is 17.5 Å². The fourth-order valence-electron chi connectivity index (χ4n) is 3.60. The number of benzene rings is 1. The first-order chi connectivity index (χ1) is 16.9.